The number of urea groups is 1. The summed E-state index contributed by atoms with van der Waals surface area (Å²) in [4.78, 5) is 22.2. The third-order valence-corrected chi connectivity index (χ3v) is 3.80. The molecule has 0 aliphatic rings. The van der Waals surface area contributed by atoms with Gasteiger partial charge in [-0.2, -0.15) is 0 Å². The first-order valence-electron chi connectivity index (χ1n) is 7.15. The van der Waals surface area contributed by atoms with Crippen LogP contribution in [0.25, 0.3) is 0 Å². The molecule has 0 aromatic heterocycles. The predicted molar refractivity (Wildman–Crippen MR) is 82.3 cm³/mol. The van der Waals surface area contributed by atoms with Crippen molar-refractivity contribution in [1.82, 2.24) is 10.6 Å². The molecule has 0 fully saturated rings. The largest absolute Gasteiger partial charge is 0.481 e. The Morgan fingerprint density at radius 1 is 1.24 bits per heavy atom. The van der Waals surface area contributed by atoms with Crippen molar-refractivity contribution in [1.29, 1.82) is 0 Å². The lowest BCUT2D eigenvalue weighted by Crippen LogP contribution is -2.49. The maximum Gasteiger partial charge on any atom is 0.315 e. The van der Waals surface area contributed by atoms with Crippen LogP contribution in [0.15, 0.2) is 30.3 Å². The SMILES string of the molecule is CC(NC(=O)NCCCC(=O)O)C(C)(C)c1ccccc1. The van der Waals surface area contributed by atoms with Gasteiger partial charge < -0.3 is 15.7 Å². The maximum atomic E-state index is 11.8. The molecule has 0 heterocycles. The Morgan fingerprint density at radius 3 is 2.43 bits per heavy atom. The first-order valence-corrected chi connectivity index (χ1v) is 7.15. The summed E-state index contributed by atoms with van der Waals surface area (Å²) < 4.78 is 0. The molecule has 0 spiro atoms. The summed E-state index contributed by atoms with van der Waals surface area (Å²) in [5.41, 5.74) is 0.961. The number of carbonyl (C=O) groups excluding carboxylic acids is 1. The van der Waals surface area contributed by atoms with E-state index < -0.39 is 5.97 Å². The van der Waals surface area contributed by atoms with Crippen LogP contribution in [-0.2, 0) is 10.2 Å². The number of hydrogen-bond donors (Lipinski definition) is 3. The fourth-order valence-electron chi connectivity index (χ4n) is 1.99. The molecule has 0 aliphatic heterocycles. The first kappa shape index (κ1) is 17.0. The normalized spacial score (nSPS) is 12.5. The molecule has 5 nitrogen and oxygen atoms in total. The van der Waals surface area contributed by atoms with E-state index in [0.29, 0.717) is 13.0 Å². The Labute approximate surface area is 125 Å². The molecule has 0 bridgehead atoms. The summed E-state index contributed by atoms with van der Waals surface area (Å²) in [5, 5.41) is 14.1. The number of benzene rings is 1. The number of rotatable bonds is 7. The summed E-state index contributed by atoms with van der Waals surface area (Å²) in [7, 11) is 0. The Balaban J connectivity index is 2.46. The molecule has 1 aromatic rings. The van der Waals surface area contributed by atoms with Crippen LogP contribution in [0.5, 0.6) is 0 Å². The van der Waals surface area contributed by atoms with Gasteiger partial charge in [-0.05, 0) is 18.9 Å². The number of amides is 2. The lowest BCUT2D eigenvalue weighted by atomic mass is 9.78. The van der Waals surface area contributed by atoms with Crippen LogP contribution in [-0.4, -0.2) is 29.7 Å². The number of carboxylic acids is 1. The zero-order chi connectivity index (χ0) is 15.9. The molecule has 5 heteroatoms. The van der Waals surface area contributed by atoms with E-state index in [9.17, 15) is 9.59 Å². The van der Waals surface area contributed by atoms with Crippen molar-refractivity contribution in [3.05, 3.63) is 35.9 Å². The number of carboxylic acid groups (broad SMARTS) is 1. The average Bonchev–Trinajstić information content (AvgIpc) is 2.44. The van der Waals surface area contributed by atoms with Crippen molar-refractivity contribution < 1.29 is 14.7 Å². The maximum absolute atomic E-state index is 11.8. The number of aliphatic carboxylic acids is 1. The Hall–Kier alpha value is -2.04. The molecule has 0 radical (unpaired) electrons. The lowest BCUT2D eigenvalue weighted by Gasteiger charge is -2.33. The molecule has 1 aromatic carbocycles. The molecular formula is C16H24N2O3. The minimum absolute atomic E-state index is 0.0561. The van der Waals surface area contributed by atoms with Gasteiger partial charge in [-0.3, -0.25) is 4.79 Å². The first-order chi connectivity index (χ1) is 9.84. The summed E-state index contributed by atoms with van der Waals surface area (Å²) in [5.74, 6) is -0.851. The van der Waals surface area contributed by atoms with E-state index in [2.05, 4.69) is 24.5 Å². The predicted octanol–water partition coefficient (Wildman–Crippen LogP) is 2.52. The lowest BCUT2D eigenvalue weighted by molar-refractivity contribution is -0.137. The van der Waals surface area contributed by atoms with Gasteiger partial charge >= 0.3 is 12.0 Å². The molecule has 21 heavy (non-hydrogen) atoms. The number of hydrogen-bond acceptors (Lipinski definition) is 2. The van der Waals surface area contributed by atoms with Gasteiger partial charge in [0.2, 0.25) is 0 Å². The second kappa shape index (κ2) is 7.67. The fraction of sp³-hybridized carbons (Fsp3) is 0.500. The van der Waals surface area contributed by atoms with E-state index in [1.807, 2.05) is 37.3 Å². The topological polar surface area (TPSA) is 78.4 Å². The highest BCUT2D eigenvalue weighted by Gasteiger charge is 2.28. The van der Waals surface area contributed by atoms with E-state index in [4.69, 9.17) is 5.11 Å². The van der Waals surface area contributed by atoms with Gasteiger partial charge in [0, 0.05) is 24.4 Å². The third kappa shape index (κ3) is 5.45. The van der Waals surface area contributed by atoms with Gasteiger partial charge in [0.25, 0.3) is 0 Å². The number of carbonyl (C=O) groups is 2. The highest BCUT2D eigenvalue weighted by Crippen LogP contribution is 2.26. The average molecular weight is 292 g/mol. The summed E-state index contributed by atoms with van der Waals surface area (Å²) >= 11 is 0. The minimum Gasteiger partial charge on any atom is -0.481 e. The van der Waals surface area contributed by atoms with Gasteiger partial charge in [0.05, 0.1) is 0 Å². The Bertz CT molecular complexity index is 472. The summed E-state index contributed by atoms with van der Waals surface area (Å²) in [6.07, 6.45) is 0.491. The minimum atomic E-state index is -0.851. The van der Waals surface area contributed by atoms with Gasteiger partial charge in [0.1, 0.15) is 0 Å². The molecule has 1 unspecified atom stereocenters. The highest BCUT2D eigenvalue weighted by atomic mass is 16.4. The standard InChI is InChI=1S/C16H24N2O3/c1-12(16(2,3)13-8-5-4-6-9-13)18-15(21)17-11-7-10-14(19)20/h4-6,8-9,12H,7,10-11H2,1-3H3,(H,19,20)(H2,17,18,21). The molecule has 0 saturated heterocycles. The Kier molecular flexibility index (Phi) is 6.21. The molecule has 3 N–H and O–H groups in total. The van der Waals surface area contributed by atoms with Crippen LogP contribution in [0.4, 0.5) is 4.79 Å². The van der Waals surface area contributed by atoms with Crippen molar-refractivity contribution in [3.8, 4) is 0 Å². The molecule has 116 valence electrons. The zero-order valence-electron chi connectivity index (χ0n) is 12.8. The van der Waals surface area contributed by atoms with Crippen LogP contribution in [0, 0.1) is 0 Å². The van der Waals surface area contributed by atoms with Crippen molar-refractivity contribution >= 4 is 12.0 Å². The van der Waals surface area contributed by atoms with Gasteiger partial charge in [-0.15, -0.1) is 0 Å². The van der Waals surface area contributed by atoms with E-state index >= 15 is 0 Å². The second-order valence-electron chi connectivity index (χ2n) is 5.71. The number of nitrogens with one attached hydrogen (secondary N) is 2. The highest BCUT2D eigenvalue weighted by molar-refractivity contribution is 5.74. The van der Waals surface area contributed by atoms with E-state index in [1.54, 1.807) is 0 Å². The Morgan fingerprint density at radius 2 is 1.86 bits per heavy atom. The molecular weight excluding hydrogens is 268 g/mol. The van der Waals surface area contributed by atoms with Crippen LogP contribution >= 0.6 is 0 Å². The molecule has 0 aliphatic carbocycles. The quantitative estimate of drug-likeness (QED) is 0.676. The molecule has 2 amide bonds. The van der Waals surface area contributed by atoms with E-state index in [1.165, 1.54) is 0 Å². The summed E-state index contributed by atoms with van der Waals surface area (Å²) in [6, 6.07) is 9.70. The van der Waals surface area contributed by atoms with Crippen LogP contribution in [0.3, 0.4) is 0 Å². The van der Waals surface area contributed by atoms with Gasteiger partial charge in [-0.1, -0.05) is 44.2 Å². The van der Waals surface area contributed by atoms with Crippen molar-refractivity contribution in [3.63, 3.8) is 0 Å². The van der Waals surface area contributed by atoms with Crippen LogP contribution in [0.2, 0.25) is 0 Å². The van der Waals surface area contributed by atoms with Crippen molar-refractivity contribution in [2.75, 3.05) is 6.54 Å². The van der Waals surface area contributed by atoms with Crippen LogP contribution in [0.1, 0.15) is 39.2 Å². The smallest absolute Gasteiger partial charge is 0.315 e. The van der Waals surface area contributed by atoms with E-state index in [-0.39, 0.29) is 23.9 Å². The summed E-state index contributed by atoms with van der Waals surface area (Å²) in [6.45, 7) is 6.48. The molecule has 0 saturated carbocycles. The van der Waals surface area contributed by atoms with Gasteiger partial charge in [0.15, 0.2) is 0 Å². The zero-order valence-corrected chi connectivity index (χ0v) is 12.8. The van der Waals surface area contributed by atoms with Crippen LogP contribution < -0.4 is 10.6 Å². The monoisotopic (exact) mass is 292 g/mol. The second-order valence-corrected chi connectivity index (χ2v) is 5.71. The van der Waals surface area contributed by atoms with Gasteiger partial charge in [-0.25, -0.2) is 4.79 Å². The van der Waals surface area contributed by atoms with Crippen molar-refractivity contribution in [2.24, 2.45) is 0 Å². The van der Waals surface area contributed by atoms with E-state index in [0.717, 1.165) is 5.56 Å². The molecule has 1 rings (SSSR count). The molecule has 1 atom stereocenters. The van der Waals surface area contributed by atoms with Crippen molar-refractivity contribution in [2.45, 2.75) is 45.1 Å². The fourth-order valence-corrected chi connectivity index (χ4v) is 1.99. The third-order valence-electron chi connectivity index (χ3n) is 3.80.